The van der Waals surface area contributed by atoms with Gasteiger partial charge in [0.1, 0.15) is 5.75 Å². The van der Waals surface area contributed by atoms with Gasteiger partial charge in [-0.05, 0) is 43.4 Å². The molecule has 1 fully saturated rings. The van der Waals surface area contributed by atoms with Gasteiger partial charge in [0.15, 0.2) is 0 Å². The third kappa shape index (κ3) is 1.92. The lowest BCUT2D eigenvalue weighted by Crippen LogP contribution is -2.20. The second kappa shape index (κ2) is 4.44. The molecule has 2 heteroatoms. The van der Waals surface area contributed by atoms with Gasteiger partial charge in [0.25, 0.3) is 0 Å². The number of ether oxygens (including phenoxy) is 1. The van der Waals surface area contributed by atoms with Gasteiger partial charge in [0.2, 0.25) is 0 Å². The van der Waals surface area contributed by atoms with Crippen LogP contribution in [0, 0.1) is 0 Å². The second-order valence-corrected chi connectivity index (χ2v) is 4.86. The van der Waals surface area contributed by atoms with Crippen molar-refractivity contribution in [1.29, 1.82) is 0 Å². The number of benzene rings is 1. The molecule has 0 radical (unpaired) electrons. The molecule has 0 unspecified atom stereocenters. The fourth-order valence-corrected chi connectivity index (χ4v) is 2.94. The molecule has 0 N–H and O–H groups in total. The zero-order valence-electron chi connectivity index (χ0n) is 10.4. The van der Waals surface area contributed by atoms with Crippen molar-refractivity contribution in [2.75, 3.05) is 20.2 Å². The molecular weight excluding hydrogens is 210 g/mol. The Morgan fingerprint density at radius 3 is 2.71 bits per heavy atom. The van der Waals surface area contributed by atoms with Gasteiger partial charge in [0, 0.05) is 24.4 Å². The van der Waals surface area contributed by atoms with E-state index in [0.29, 0.717) is 0 Å². The summed E-state index contributed by atoms with van der Waals surface area (Å²) in [6.07, 6.45) is 7.33. The molecule has 1 aliphatic carbocycles. The SMILES string of the molecule is COc1cccc2c1CCC(N1CCCC1)=C2. The zero-order chi connectivity index (χ0) is 11.7. The van der Waals surface area contributed by atoms with E-state index >= 15 is 0 Å². The molecule has 1 aliphatic heterocycles. The first-order valence-corrected chi connectivity index (χ1v) is 6.50. The summed E-state index contributed by atoms with van der Waals surface area (Å²) in [5.41, 5.74) is 4.23. The Labute approximate surface area is 103 Å². The summed E-state index contributed by atoms with van der Waals surface area (Å²) >= 11 is 0. The van der Waals surface area contributed by atoms with Crippen molar-refractivity contribution in [2.24, 2.45) is 0 Å². The average molecular weight is 229 g/mol. The van der Waals surface area contributed by atoms with Crippen molar-refractivity contribution in [2.45, 2.75) is 25.7 Å². The third-order valence-corrected chi connectivity index (χ3v) is 3.85. The largest absolute Gasteiger partial charge is 0.496 e. The van der Waals surface area contributed by atoms with E-state index in [1.165, 1.54) is 42.8 Å². The van der Waals surface area contributed by atoms with E-state index in [1.54, 1.807) is 7.11 Å². The Balaban J connectivity index is 1.93. The second-order valence-electron chi connectivity index (χ2n) is 4.86. The van der Waals surface area contributed by atoms with Gasteiger partial charge >= 0.3 is 0 Å². The van der Waals surface area contributed by atoms with Crippen LogP contribution in [-0.2, 0) is 6.42 Å². The van der Waals surface area contributed by atoms with Gasteiger partial charge in [-0.1, -0.05) is 12.1 Å². The Morgan fingerprint density at radius 2 is 1.94 bits per heavy atom. The Morgan fingerprint density at radius 1 is 1.12 bits per heavy atom. The maximum Gasteiger partial charge on any atom is 0.122 e. The highest BCUT2D eigenvalue weighted by atomic mass is 16.5. The average Bonchev–Trinajstić information content (AvgIpc) is 2.91. The van der Waals surface area contributed by atoms with Crippen molar-refractivity contribution in [3.8, 4) is 5.75 Å². The fraction of sp³-hybridized carbons (Fsp3) is 0.467. The number of fused-ring (bicyclic) bond motifs is 1. The highest BCUT2D eigenvalue weighted by molar-refractivity contribution is 5.62. The Bertz CT molecular complexity index is 444. The topological polar surface area (TPSA) is 12.5 Å². The van der Waals surface area contributed by atoms with Crippen LogP contribution < -0.4 is 4.74 Å². The van der Waals surface area contributed by atoms with Crippen LogP contribution in [0.25, 0.3) is 6.08 Å². The van der Waals surface area contributed by atoms with Crippen molar-refractivity contribution in [1.82, 2.24) is 4.90 Å². The van der Waals surface area contributed by atoms with Crippen LogP contribution in [0.15, 0.2) is 23.9 Å². The van der Waals surface area contributed by atoms with Crippen molar-refractivity contribution in [3.05, 3.63) is 35.0 Å². The molecule has 1 aromatic carbocycles. The van der Waals surface area contributed by atoms with Gasteiger partial charge < -0.3 is 9.64 Å². The number of nitrogens with zero attached hydrogens (tertiary/aromatic N) is 1. The summed E-state index contributed by atoms with van der Waals surface area (Å²) in [6.45, 7) is 2.48. The van der Waals surface area contributed by atoms with Crippen LogP contribution >= 0.6 is 0 Å². The van der Waals surface area contributed by atoms with Crippen LogP contribution in [0.2, 0.25) is 0 Å². The lowest BCUT2D eigenvalue weighted by atomic mass is 9.94. The first kappa shape index (κ1) is 10.7. The summed E-state index contributed by atoms with van der Waals surface area (Å²) in [5.74, 6) is 1.04. The van der Waals surface area contributed by atoms with Crippen LogP contribution in [0.3, 0.4) is 0 Å². The van der Waals surface area contributed by atoms with E-state index in [2.05, 4.69) is 29.2 Å². The molecule has 0 bridgehead atoms. The Hall–Kier alpha value is -1.44. The molecule has 0 aromatic heterocycles. The van der Waals surface area contributed by atoms with Gasteiger partial charge in [-0.25, -0.2) is 0 Å². The van der Waals surface area contributed by atoms with E-state index in [-0.39, 0.29) is 0 Å². The number of allylic oxidation sites excluding steroid dienone is 1. The third-order valence-electron chi connectivity index (χ3n) is 3.85. The molecule has 1 heterocycles. The standard InChI is InChI=1S/C15H19NO/c1-17-15-6-4-5-12-11-13(7-8-14(12)15)16-9-2-3-10-16/h4-6,11H,2-3,7-10H2,1H3. The molecule has 0 saturated carbocycles. The minimum absolute atomic E-state index is 1.04. The summed E-state index contributed by atoms with van der Waals surface area (Å²) in [6, 6.07) is 6.35. The monoisotopic (exact) mass is 229 g/mol. The van der Waals surface area contributed by atoms with Crippen LogP contribution in [0.1, 0.15) is 30.4 Å². The van der Waals surface area contributed by atoms with E-state index in [4.69, 9.17) is 4.74 Å². The van der Waals surface area contributed by atoms with Gasteiger partial charge in [-0.2, -0.15) is 0 Å². The molecule has 90 valence electrons. The van der Waals surface area contributed by atoms with Crippen LogP contribution in [0.5, 0.6) is 5.75 Å². The lowest BCUT2D eigenvalue weighted by Gasteiger charge is -2.26. The maximum absolute atomic E-state index is 5.43. The quantitative estimate of drug-likeness (QED) is 0.772. The molecule has 0 atom stereocenters. The molecule has 0 spiro atoms. The number of likely N-dealkylation sites (tertiary alicyclic amines) is 1. The summed E-state index contributed by atoms with van der Waals surface area (Å²) < 4.78 is 5.43. The number of hydrogen-bond donors (Lipinski definition) is 0. The lowest BCUT2D eigenvalue weighted by molar-refractivity contribution is 0.398. The number of hydrogen-bond acceptors (Lipinski definition) is 2. The van der Waals surface area contributed by atoms with E-state index < -0.39 is 0 Å². The van der Waals surface area contributed by atoms with Crippen LogP contribution in [-0.4, -0.2) is 25.1 Å². The summed E-state index contributed by atoms with van der Waals surface area (Å²) in [7, 11) is 1.76. The first-order chi connectivity index (χ1) is 8.38. The van der Waals surface area contributed by atoms with E-state index in [1.807, 2.05) is 0 Å². The molecule has 3 rings (SSSR count). The van der Waals surface area contributed by atoms with E-state index in [9.17, 15) is 0 Å². The maximum atomic E-state index is 5.43. The number of methoxy groups -OCH3 is 1. The first-order valence-electron chi connectivity index (χ1n) is 6.50. The van der Waals surface area contributed by atoms with Crippen molar-refractivity contribution >= 4 is 6.08 Å². The van der Waals surface area contributed by atoms with Crippen LogP contribution in [0.4, 0.5) is 0 Å². The Kier molecular flexibility index (Phi) is 2.79. The molecule has 1 aromatic rings. The smallest absolute Gasteiger partial charge is 0.122 e. The minimum atomic E-state index is 1.04. The van der Waals surface area contributed by atoms with Crippen molar-refractivity contribution < 1.29 is 4.74 Å². The summed E-state index contributed by atoms with van der Waals surface area (Å²) in [4.78, 5) is 2.54. The predicted molar refractivity (Wildman–Crippen MR) is 70.1 cm³/mol. The molecule has 17 heavy (non-hydrogen) atoms. The molecule has 2 aliphatic rings. The van der Waals surface area contributed by atoms with Gasteiger partial charge in [-0.3, -0.25) is 0 Å². The normalized spacial score (nSPS) is 18.9. The highest BCUT2D eigenvalue weighted by Gasteiger charge is 2.20. The molecule has 1 saturated heterocycles. The molecule has 0 amide bonds. The fourth-order valence-electron chi connectivity index (χ4n) is 2.94. The zero-order valence-corrected chi connectivity index (χ0v) is 10.4. The summed E-state index contributed by atoms with van der Waals surface area (Å²) in [5, 5.41) is 0. The highest BCUT2D eigenvalue weighted by Crippen LogP contribution is 2.33. The van der Waals surface area contributed by atoms with Gasteiger partial charge in [0.05, 0.1) is 7.11 Å². The van der Waals surface area contributed by atoms with Crippen molar-refractivity contribution in [3.63, 3.8) is 0 Å². The van der Waals surface area contributed by atoms with E-state index in [0.717, 1.165) is 18.6 Å². The van der Waals surface area contributed by atoms with Gasteiger partial charge in [-0.15, -0.1) is 0 Å². The molecule has 2 nitrogen and oxygen atoms in total. The number of rotatable bonds is 2. The predicted octanol–water partition coefficient (Wildman–Crippen LogP) is 3.08. The minimum Gasteiger partial charge on any atom is -0.496 e. The molecular formula is C15H19NO.